The molecule has 0 aliphatic rings. The molecule has 2 rings (SSSR count). The third-order valence-corrected chi connectivity index (χ3v) is 3.59. The molecule has 0 saturated carbocycles. The molecular formula is C12H13BrFN3OS. The fourth-order valence-electron chi connectivity index (χ4n) is 1.35. The predicted octanol–water partition coefficient (Wildman–Crippen LogP) is 3.84. The number of aromatic nitrogens is 2. The molecule has 1 heterocycles. The number of rotatable bonds is 6. The Balaban J connectivity index is 1.92. The molecule has 102 valence electrons. The maximum atomic E-state index is 13.5. The Kier molecular flexibility index (Phi) is 5.09. The zero-order valence-electron chi connectivity index (χ0n) is 10.3. The topological polar surface area (TPSA) is 47.0 Å². The van der Waals surface area contributed by atoms with Gasteiger partial charge in [0, 0.05) is 11.0 Å². The van der Waals surface area contributed by atoms with Gasteiger partial charge in [-0.05, 0) is 24.6 Å². The largest absolute Gasteiger partial charge is 0.483 e. The summed E-state index contributed by atoms with van der Waals surface area (Å²) in [5.41, 5.74) is 0. The fraction of sp³-hybridized carbons (Fsp3) is 0.333. The van der Waals surface area contributed by atoms with Crippen molar-refractivity contribution in [2.45, 2.75) is 20.0 Å². The summed E-state index contributed by atoms with van der Waals surface area (Å²) in [6.07, 6.45) is 1.02. The zero-order chi connectivity index (χ0) is 13.7. The van der Waals surface area contributed by atoms with Gasteiger partial charge in [0.05, 0.1) is 0 Å². The predicted molar refractivity (Wildman–Crippen MR) is 77.1 cm³/mol. The van der Waals surface area contributed by atoms with Crippen molar-refractivity contribution in [2.75, 3.05) is 11.9 Å². The van der Waals surface area contributed by atoms with Gasteiger partial charge in [-0.25, -0.2) is 4.39 Å². The van der Waals surface area contributed by atoms with Gasteiger partial charge in [-0.3, -0.25) is 0 Å². The number of nitrogens with one attached hydrogen (secondary N) is 1. The molecule has 1 N–H and O–H groups in total. The van der Waals surface area contributed by atoms with Crippen molar-refractivity contribution in [1.82, 2.24) is 10.2 Å². The van der Waals surface area contributed by atoms with Crippen LogP contribution in [0.1, 0.15) is 18.4 Å². The van der Waals surface area contributed by atoms with Gasteiger partial charge in [0.25, 0.3) is 0 Å². The van der Waals surface area contributed by atoms with E-state index in [4.69, 9.17) is 4.74 Å². The molecule has 0 saturated heterocycles. The van der Waals surface area contributed by atoms with Crippen molar-refractivity contribution in [2.24, 2.45) is 0 Å². The van der Waals surface area contributed by atoms with Crippen molar-refractivity contribution in [1.29, 1.82) is 0 Å². The summed E-state index contributed by atoms with van der Waals surface area (Å²) >= 11 is 4.61. The first-order chi connectivity index (χ1) is 9.19. The lowest BCUT2D eigenvalue weighted by atomic mass is 10.3. The first kappa shape index (κ1) is 14.2. The van der Waals surface area contributed by atoms with Crippen LogP contribution in [-0.4, -0.2) is 16.7 Å². The van der Waals surface area contributed by atoms with Crippen molar-refractivity contribution in [3.63, 3.8) is 0 Å². The van der Waals surface area contributed by atoms with Crippen molar-refractivity contribution >= 4 is 32.4 Å². The smallest absolute Gasteiger partial charge is 0.205 e. The van der Waals surface area contributed by atoms with E-state index >= 15 is 0 Å². The molecular weight excluding hydrogens is 333 g/mol. The molecule has 0 atom stereocenters. The number of ether oxygens (including phenoxy) is 1. The average Bonchev–Trinajstić information content (AvgIpc) is 2.83. The van der Waals surface area contributed by atoms with Crippen LogP contribution in [0.3, 0.4) is 0 Å². The first-order valence-corrected chi connectivity index (χ1v) is 7.44. The van der Waals surface area contributed by atoms with E-state index in [0.717, 1.165) is 18.1 Å². The quantitative estimate of drug-likeness (QED) is 0.863. The number of hydrogen-bond acceptors (Lipinski definition) is 5. The van der Waals surface area contributed by atoms with Crippen LogP contribution in [0.4, 0.5) is 9.52 Å². The summed E-state index contributed by atoms with van der Waals surface area (Å²) < 4.78 is 19.6. The molecule has 0 amide bonds. The SMILES string of the molecule is CCCNc1nnc(COc2ccc(Br)cc2F)s1. The molecule has 0 fully saturated rings. The lowest BCUT2D eigenvalue weighted by Gasteiger charge is -2.04. The van der Waals surface area contributed by atoms with E-state index in [1.165, 1.54) is 17.4 Å². The highest BCUT2D eigenvalue weighted by Gasteiger charge is 2.07. The highest BCUT2D eigenvalue weighted by molar-refractivity contribution is 9.10. The molecule has 2 aromatic rings. The third kappa shape index (κ3) is 4.14. The van der Waals surface area contributed by atoms with E-state index in [-0.39, 0.29) is 12.4 Å². The van der Waals surface area contributed by atoms with Crippen molar-refractivity contribution in [3.8, 4) is 5.75 Å². The summed E-state index contributed by atoms with van der Waals surface area (Å²) in [6, 6.07) is 4.67. The van der Waals surface area contributed by atoms with Crippen LogP contribution in [-0.2, 0) is 6.61 Å². The van der Waals surface area contributed by atoms with E-state index in [1.807, 2.05) is 0 Å². The maximum Gasteiger partial charge on any atom is 0.205 e. The Morgan fingerprint density at radius 2 is 2.26 bits per heavy atom. The van der Waals surface area contributed by atoms with Crippen LogP contribution in [0.15, 0.2) is 22.7 Å². The van der Waals surface area contributed by atoms with Crippen LogP contribution >= 0.6 is 27.3 Å². The van der Waals surface area contributed by atoms with E-state index < -0.39 is 5.82 Å². The molecule has 0 aliphatic carbocycles. The zero-order valence-corrected chi connectivity index (χ0v) is 12.7. The Bertz CT molecular complexity index is 550. The Hall–Kier alpha value is -1.21. The van der Waals surface area contributed by atoms with Crippen LogP contribution in [0.2, 0.25) is 0 Å². The minimum absolute atomic E-state index is 0.210. The molecule has 0 bridgehead atoms. The second-order valence-electron chi connectivity index (χ2n) is 3.79. The standard InChI is InChI=1S/C12H13BrFN3OS/c1-2-5-15-12-17-16-11(19-12)7-18-10-4-3-8(13)6-9(10)14/h3-4,6H,2,5,7H2,1H3,(H,15,17). The molecule has 0 aliphatic heterocycles. The highest BCUT2D eigenvalue weighted by atomic mass is 79.9. The number of benzene rings is 1. The molecule has 0 spiro atoms. The number of halogens is 2. The lowest BCUT2D eigenvalue weighted by Crippen LogP contribution is -1.98. The number of nitrogens with zero attached hydrogens (tertiary/aromatic N) is 2. The molecule has 1 aromatic heterocycles. The van der Waals surface area contributed by atoms with Gasteiger partial charge in [0.15, 0.2) is 16.6 Å². The molecule has 1 aromatic carbocycles. The highest BCUT2D eigenvalue weighted by Crippen LogP contribution is 2.23. The summed E-state index contributed by atoms with van der Waals surface area (Å²) in [5.74, 6) is -0.190. The van der Waals surface area contributed by atoms with Gasteiger partial charge >= 0.3 is 0 Å². The van der Waals surface area contributed by atoms with E-state index in [9.17, 15) is 4.39 Å². The molecule has 0 radical (unpaired) electrons. The fourth-order valence-corrected chi connectivity index (χ4v) is 2.36. The van der Waals surface area contributed by atoms with Crippen LogP contribution in [0.25, 0.3) is 0 Å². The Morgan fingerprint density at radius 1 is 1.42 bits per heavy atom. The minimum Gasteiger partial charge on any atom is -0.483 e. The molecule has 4 nitrogen and oxygen atoms in total. The summed E-state index contributed by atoms with van der Waals surface area (Å²) in [6.45, 7) is 3.15. The van der Waals surface area contributed by atoms with E-state index in [2.05, 4.69) is 38.4 Å². The van der Waals surface area contributed by atoms with Gasteiger partial charge in [-0.1, -0.05) is 34.2 Å². The number of hydrogen-bond donors (Lipinski definition) is 1. The van der Waals surface area contributed by atoms with Gasteiger partial charge in [0.2, 0.25) is 5.13 Å². The molecule has 7 heteroatoms. The van der Waals surface area contributed by atoms with Crippen LogP contribution in [0.5, 0.6) is 5.75 Å². The van der Waals surface area contributed by atoms with Gasteiger partial charge in [0.1, 0.15) is 6.61 Å². The van der Waals surface area contributed by atoms with Crippen LogP contribution in [0, 0.1) is 5.82 Å². The summed E-state index contributed by atoms with van der Waals surface area (Å²) in [4.78, 5) is 0. The monoisotopic (exact) mass is 345 g/mol. The minimum atomic E-state index is -0.400. The average molecular weight is 346 g/mol. The van der Waals surface area contributed by atoms with Gasteiger partial charge in [-0.2, -0.15) is 0 Å². The third-order valence-electron chi connectivity index (χ3n) is 2.24. The summed E-state index contributed by atoms with van der Waals surface area (Å²) in [5, 5.41) is 12.6. The maximum absolute atomic E-state index is 13.5. The Morgan fingerprint density at radius 3 is 3.00 bits per heavy atom. The van der Waals surface area contributed by atoms with E-state index in [1.54, 1.807) is 12.1 Å². The van der Waals surface area contributed by atoms with Crippen LogP contribution < -0.4 is 10.1 Å². The normalized spacial score (nSPS) is 10.5. The molecule has 0 unspecified atom stereocenters. The van der Waals surface area contributed by atoms with Gasteiger partial charge in [-0.15, -0.1) is 10.2 Å². The van der Waals surface area contributed by atoms with E-state index in [0.29, 0.717) is 9.48 Å². The van der Waals surface area contributed by atoms with Gasteiger partial charge < -0.3 is 10.1 Å². The van der Waals surface area contributed by atoms with Crippen molar-refractivity contribution < 1.29 is 9.13 Å². The Labute approximate surface area is 123 Å². The summed E-state index contributed by atoms with van der Waals surface area (Å²) in [7, 11) is 0. The number of anilines is 1. The lowest BCUT2D eigenvalue weighted by molar-refractivity contribution is 0.289. The van der Waals surface area contributed by atoms with Crippen molar-refractivity contribution in [3.05, 3.63) is 33.5 Å². The first-order valence-electron chi connectivity index (χ1n) is 5.83. The second kappa shape index (κ2) is 6.81. The molecule has 19 heavy (non-hydrogen) atoms. The second-order valence-corrected chi connectivity index (χ2v) is 5.77.